The van der Waals surface area contributed by atoms with Crippen LogP contribution in [0.25, 0.3) is 16.3 Å². The highest BCUT2D eigenvalue weighted by atomic mass is 16.2. The first-order valence-corrected chi connectivity index (χ1v) is 9.06. The third kappa shape index (κ3) is 2.30. The Morgan fingerprint density at radius 2 is 1.56 bits per heavy atom. The van der Waals surface area contributed by atoms with E-state index in [2.05, 4.69) is 10.5 Å². The molecule has 4 heteroatoms. The number of hydrogen-bond donors (Lipinski definition) is 0. The maximum absolute atomic E-state index is 13.3. The van der Waals surface area contributed by atoms with E-state index in [1.807, 2.05) is 73.8 Å². The minimum atomic E-state index is -0.478. The van der Waals surface area contributed by atoms with Gasteiger partial charge in [0, 0.05) is 29.1 Å². The molecule has 1 aliphatic rings. The summed E-state index contributed by atoms with van der Waals surface area (Å²) >= 11 is 0. The normalized spacial score (nSPS) is 17.4. The summed E-state index contributed by atoms with van der Waals surface area (Å²) in [5.41, 5.74) is 3.69. The van der Waals surface area contributed by atoms with Crippen LogP contribution in [0, 0.1) is 6.92 Å². The van der Waals surface area contributed by atoms with E-state index in [0.29, 0.717) is 5.69 Å². The summed E-state index contributed by atoms with van der Waals surface area (Å²) in [6.07, 6.45) is 2.16. The number of pyridine rings is 1. The fraction of sp³-hybridized carbons (Fsp3) is 0.130. The molecule has 0 aliphatic carbocycles. The van der Waals surface area contributed by atoms with E-state index in [1.165, 1.54) is 4.90 Å². The van der Waals surface area contributed by atoms with Crippen LogP contribution in [-0.4, -0.2) is 16.2 Å². The number of anilines is 1. The van der Waals surface area contributed by atoms with Crippen molar-refractivity contribution in [2.45, 2.75) is 19.3 Å². The fourth-order valence-corrected chi connectivity index (χ4v) is 4.10. The van der Waals surface area contributed by atoms with Crippen LogP contribution in [-0.2, 0) is 9.59 Å². The molecule has 132 valence electrons. The largest absolute Gasteiger partial charge is 0.319 e. The van der Waals surface area contributed by atoms with Gasteiger partial charge >= 0.3 is 0 Å². The van der Waals surface area contributed by atoms with Gasteiger partial charge in [-0.1, -0.05) is 48.0 Å². The van der Waals surface area contributed by atoms with Gasteiger partial charge in [0.05, 0.1) is 17.1 Å². The summed E-state index contributed by atoms with van der Waals surface area (Å²) in [6.45, 7) is 1.99. The highest BCUT2D eigenvalue weighted by molar-refractivity contribution is 6.23. The molecule has 1 saturated heterocycles. The monoisotopic (exact) mass is 354 g/mol. The van der Waals surface area contributed by atoms with E-state index < -0.39 is 5.92 Å². The van der Waals surface area contributed by atoms with Crippen LogP contribution in [0.1, 0.15) is 23.6 Å². The third-order valence-electron chi connectivity index (χ3n) is 5.37. The summed E-state index contributed by atoms with van der Waals surface area (Å²) < 4.78 is 2.05. The smallest absolute Gasteiger partial charge is 0.243 e. The number of aromatic nitrogens is 1. The number of nitrogens with zero attached hydrogens (tertiary/aromatic N) is 2. The lowest BCUT2D eigenvalue weighted by Gasteiger charge is -2.15. The van der Waals surface area contributed by atoms with E-state index in [-0.39, 0.29) is 18.2 Å². The maximum Gasteiger partial charge on any atom is 0.243 e. The predicted octanol–water partition coefficient (Wildman–Crippen LogP) is 4.45. The molecule has 2 aromatic carbocycles. The van der Waals surface area contributed by atoms with Gasteiger partial charge in [0.25, 0.3) is 0 Å². The first kappa shape index (κ1) is 15.8. The van der Waals surface area contributed by atoms with Crippen LogP contribution in [0.5, 0.6) is 0 Å². The maximum atomic E-state index is 13.3. The topological polar surface area (TPSA) is 41.8 Å². The summed E-state index contributed by atoms with van der Waals surface area (Å²) in [7, 11) is 0. The van der Waals surface area contributed by atoms with Crippen LogP contribution < -0.4 is 4.90 Å². The minimum absolute atomic E-state index is 0.149. The van der Waals surface area contributed by atoms with Crippen LogP contribution in [0.3, 0.4) is 0 Å². The Morgan fingerprint density at radius 3 is 2.33 bits per heavy atom. The number of imide groups is 1. The van der Waals surface area contributed by atoms with Gasteiger partial charge in [0.15, 0.2) is 0 Å². The number of carbonyl (C=O) groups excluding carboxylic acids is 2. The van der Waals surface area contributed by atoms with Gasteiger partial charge in [-0.15, -0.1) is 0 Å². The number of aryl methyl sites for hydroxylation is 1. The van der Waals surface area contributed by atoms with Gasteiger partial charge in [0.1, 0.15) is 0 Å². The number of fused-ring (bicyclic) bond motifs is 3. The first-order chi connectivity index (χ1) is 13.1. The highest BCUT2D eigenvalue weighted by Gasteiger charge is 2.42. The Bertz CT molecular complexity index is 1150. The summed E-state index contributed by atoms with van der Waals surface area (Å²) in [5, 5.41) is 2.13. The summed E-state index contributed by atoms with van der Waals surface area (Å²) in [4.78, 5) is 27.4. The van der Waals surface area contributed by atoms with Crippen molar-refractivity contribution < 1.29 is 9.59 Å². The third-order valence-corrected chi connectivity index (χ3v) is 5.37. The minimum Gasteiger partial charge on any atom is -0.319 e. The molecule has 1 aliphatic heterocycles. The van der Waals surface area contributed by atoms with Gasteiger partial charge in [-0.05, 0) is 31.2 Å². The van der Waals surface area contributed by atoms with Crippen molar-refractivity contribution >= 4 is 33.8 Å². The van der Waals surface area contributed by atoms with Crippen LogP contribution in [0.4, 0.5) is 5.69 Å². The molecule has 1 atom stereocenters. The highest BCUT2D eigenvalue weighted by Crippen LogP contribution is 2.38. The van der Waals surface area contributed by atoms with Gasteiger partial charge in [-0.2, -0.15) is 0 Å². The van der Waals surface area contributed by atoms with Crippen molar-refractivity contribution in [3.8, 4) is 0 Å². The second-order valence-electron chi connectivity index (χ2n) is 7.05. The predicted molar refractivity (Wildman–Crippen MR) is 106 cm³/mol. The molecule has 3 heterocycles. The number of carbonyl (C=O) groups is 2. The Kier molecular flexibility index (Phi) is 3.41. The average Bonchev–Trinajstić information content (AvgIpc) is 3.17. The van der Waals surface area contributed by atoms with E-state index in [1.54, 1.807) is 0 Å². The molecule has 2 aromatic heterocycles. The van der Waals surface area contributed by atoms with Crippen molar-refractivity contribution in [1.29, 1.82) is 0 Å². The SMILES string of the molecule is Cc1ccc(N2C(=O)CC(c3c4ccccc4c4ccccn34)C2=O)cc1. The van der Waals surface area contributed by atoms with Crippen molar-refractivity contribution in [2.75, 3.05) is 4.90 Å². The van der Waals surface area contributed by atoms with Crippen molar-refractivity contribution in [3.05, 3.63) is 84.2 Å². The zero-order chi connectivity index (χ0) is 18.5. The quantitative estimate of drug-likeness (QED) is 0.499. The molecule has 1 fully saturated rings. The number of rotatable bonds is 2. The van der Waals surface area contributed by atoms with Crippen LogP contribution in [0.15, 0.2) is 72.9 Å². The second-order valence-corrected chi connectivity index (χ2v) is 7.05. The van der Waals surface area contributed by atoms with Crippen LogP contribution >= 0.6 is 0 Å². The molecular formula is C23H18N2O2. The molecule has 1 unspecified atom stereocenters. The Labute approximate surface area is 156 Å². The van der Waals surface area contributed by atoms with Crippen molar-refractivity contribution in [2.24, 2.45) is 0 Å². The Morgan fingerprint density at radius 1 is 0.852 bits per heavy atom. The summed E-state index contributed by atoms with van der Waals surface area (Å²) in [6, 6.07) is 21.6. The molecule has 27 heavy (non-hydrogen) atoms. The molecular weight excluding hydrogens is 336 g/mol. The molecule has 4 nitrogen and oxygen atoms in total. The van der Waals surface area contributed by atoms with Gasteiger partial charge in [0.2, 0.25) is 11.8 Å². The van der Waals surface area contributed by atoms with Gasteiger partial charge in [-0.25, -0.2) is 4.90 Å². The zero-order valence-corrected chi connectivity index (χ0v) is 14.9. The fourth-order valence-electron chi connectivity index (χ4n) is 4.10. The number of benzene rings is 2. The second kappa shape index (κ2) is 5.81. The van der Waals surface area contributed by atoms with Crippen molar-refractivity contribution in [1.82, 2.24) is 4.40 Å². The molecule has 2 amide bonds. The van der Waals surface area contributed by atoms with Crippen molar-refractivity contribution in [3.63, 3.8) is 0 Å². The van der Waals surface area contributed by atoms with Gasteiger partial charge < -0.3 is 4.40 Å². The number of hydrogen-bond acceptors (Lipinski definition) is 2. The average molecular weight is 354 g/mol. The van der Waals surface area contributed by atoms with E-state index in [0.717, 1.165) is 27.5 Å². The lowest BCUT2D eigenvalue weighted by molar-refractivity contribution is -0.121. The van der Waals surface area contributed by atoms with E-state index in [4.69, 9.17) is 0 Å². The standard InChI is InChI=1S/C23H18N2O2/c1-15-9-11-16(12-10-15)25-21(26)14-19(23(25)27)22-18-7-3-2-6-17(18)20-8-4-5-13-24(20)22/h2-13,19H,14H2,1H3. The summed E-state index contributed by atoms with van der Waals surface area (Å²) in [5.74, 6) is -0.782. The molecule has 0 radical (unpaired) electrons. The van der Waals surface area contributed by atoms with Crippen LogP contribution in [0.2, 0.25) is 0 Å². The molecule has 0 N–H and O–H groups in total. The zero-order valence-electron chi connectivity index (χ0n) is 14.9. The molecule has 4 aromatic rings. The van der Waals surface area contributed by atoms with E-state index in [9.17, 15) is 9.59 Å². The molecule has 0 bridgehead atoms. The lowest BCUT2D eigenvalue weighted by Crippen LogP contribution is -2.30. The lowest BCUT2D eigenvalue weighted by atomic mass is 10.00. The molecule has 5 rings (SSSR count). The molecule has 0 spiro atoms. The van der Waals surface area contributed by atoms with E-state index >= 15 is 0 Å². The first-order valence-electron chi connectivity index (χ1n) is 9.06. The Balaban J connectivity index is 1.68. The Hall–Kier alpha value is -3.40. The number of amides is 2. The van der Waals surface area contributed by atoms with Gasteiger partial charge in [-0.3, -0.25) is 9.59 Å². The molecule has 0 saturated carbocycles.